The van der Waals surface area contributed by atoms with Gasteiger partial charge in [0.05, 0.1) is 12.2 Å². The van der Waals surface area contributed by atoms with E-state index in [-0.39, 0.29) is 28.8 Å². The van der Waals surface area contributed by atoms with Crippen molar-refractivity contribution in [2.75, 3.05) is 13.2 Å². The Morgan fingerprint density at radius 1 is 0.718 bits per heavy atom. The molecular formula is C34H67NO4. The van der Waals surface area contributed by atoms with Gasteiger partial charge in [0.2, 0.25) is 0 Å². The summed E-state index contributed by atoms with van der Waals surface area (Å²) in [4.78, 5) is 19.0. The van der Waals surface area contributed by atoms with Gasteiger partial charge in [-0.05, 0) is 54.4 Å². The molecule has 0 aliphatic carbocycles. The lowest BCUT2D eigenvalue weighted by Crippen LogP contribution is -2.62. The van der Waals surface area contributed by atoms with Crippen LogP contribution in [0.25, 0.3) is 0 Å². The predicted molar refractivity (Wildman–Crippen MR) is 165 cm³/mol. The molecule has 0 amide bonds. The van der Waals surface area contributed by atoms with Crippen molar-refractivity contribution >= 4 is 5.97 Å². The van der Waals surface area contributed by atoms with E-state index in [1.807, 2.05) is 0 Å². The number of nitrogens with zero attached hydrogens (tertiary/aromatic N) is 1. The van der Waals surface area contributed by atoms with Crippen LogP contribution in [0.15, 0.2) is 0 Å². The van der Waals surface area contributed by atoms with Crippen LogP contribution in [0.4, 0.5) is 0 Å². The van der Waals surface area contributed by atoms with Gasteiger partial charge in [-0.1, -0.05) is 104 Å². The van der Waals surface area contributed by atoms with Gasteiger partial charge in [-0.15, -0.1) is 0 Å². The fraction of sp³-hybridized carbons (Fsp3) is 0.971. The fourth-order valence-electron chi connectivity index (χ4n) is 6.13. The van der Waals surface area contributed by atoms with Crippen LogP contribution in [0.5, 0.6) is 0 Å². The summed E-state index contributed by atoms with van der Waals surface area (Å²) >= 11 is 0. The Balaban J connectivity index is 2.18. The van der Waals surface area contributed by atoms with Crippen LogP contribution < -0.4 is 0 Å². The number of carbonyl (C=O) groups excluding carboxylic acids is 1. The van der Waals surface area contributed by atoms with Gasteiger partial charge in [0.1, 0.15) is 6.10 Å². The molecule has 0 aromatic heterocycles. The average Bonchev–Trinajstić information content (AvgIpc) is 2.83. The van der Waals surface area contributed by atoms with Gasteiger partial charge in [-0.2, -0.15) is 5.06 Å². The van der Waals surface area contributed by atoms with Crippen molar-refractivity contribution in [2.24, 2.45) is 0 Å². The van der Waals surface area contributed by atoms with E-state index in [9.17, 15) is 4.79 Å². The molecule has 0 aromatic carbocycles. The minimum absolute atomic E-state index is 0.0373. The monoisotopic (exact) mass is 554 g/mol. The Bertz CT molecular complexity index is 613. The predicted octanol–water partition coefficient (Wildman–Crippen LogP) is 9.95. The van der Waals surface area contributed by atoms with Crippen molar-refractivity contribution in [3.05, 3.63) is 0 Å². The van der Waals surface area contributed by atoms with Crippen molar-refractivity contribution < 1.29 is 19.1 Å². The SMILES string of the molecule is CCCCCCCCCCCCCCCCCC(=O)OC1CC(C)(C)N(OCC(C)(C)OCCC)C(C)(C)C1. The molecule has 1 aliphatic rings. The summed E-state index contributed by atoms with van der Waals surface area (Å²) in [7, 11) is 0. The molecule has 1 saturated heterocycles. The van der Waals surface area contributed by atoms with Crippen molar-refractivity contribution in [1.82, 2.24) is 5.06 Å². The Morgan fingerprint density at radius 3 is 1.59 bits per heavy atom. The summed E-state index contributed by atoms with van der Waals surface area (Å²) in [6.07, 6.45) is 23.0. The van der Waals surface area contributed by atoms with E-state index in [0.29, 0.717) is 13.0 Å². The van der Waals surface area contributed by atoms with Gasteiger partial charge >= 0.3 is 5.97 Å². The minimum Gasteiger partial charge on any atom is -0.462 e. The maximum atomic E-state index is 12.6. The molecule has 5 heteroatoms. The molecule has 232 valence electrons. The van der Waals surface area contributed by atoms with Gasteiger partial charge in [-0.25, -0.2) is 0 Å². The largest absolute Gasteiger partial charge is 0.462 e. The third kappa shape index (κ3) is 16.4. The summed E-state index contributed by atoms with van der Waals surface area (Å²) in [5, 5.41) is 2.12. The highest BCUT2D eigenvalue weighted by Crippen LogP contribution is 2.40. The average molecular weight is 554 g/mol. The smallest absolute Gasteiger partial charge is 0.306 e. The standard InChI is InChI=1S/C34H67NO4/c1-9-11-12-13-14-15-16-17-18-19-20-21-22-23-24-25-31(36)39-30-27-32(3,4)35(33(5,6)28-30)38-29-34(7,8)37-26-10-2/h30H,9-29H2,1-8H3. The normalized spacial score (nSPS) is 17.9. The van der Waals surface area contributed by atoms with Crippen molar-refractivity contribution in [3.63, 3.8) is 0 Å². The molecule has 0 radical (unpaired) electrons. The van der Waals surface area contributed by atoms with Crippen LogP contribution in [0.2, 0.25) is 0 Å². The van der Waals surface area contributed by atoms with E-state index in [4.69, 9.17) is 14.3 Å². The minimum atomic E-state index is -0.335. The number of unbranched alkanes of at least 4 members (excludes halogenated alkanes) is 14. The molecule has 1 heterocycles. The second kappa shape index (κ2) is 19.5. The van der Waals surface area contributed by atoms with E-state index >= 15 is 0 Å². The Labute approximate surface area is 243 Å². The molecular weight excluding hydrogens is 486 g/mol. The zero-order valence-electron chi connectivity index (χ0n) is 27.5. The quantitative estimate of drug-likeness (QED) is 0.0930. The zero-order valence-corrected chi connectivity index (χ0v) is 27.5. The second-order valence-electron chi connectivity index (χ2n) is 14.0. The van der Waals surface area contributed by atoms with Gasteiger partial charge in [0.25, 0.3) is 0 Å². The van der Waals surface area contributed by atoms with Crippen LogP contribution in [0.1, 0.15) is 177 Å². The molecule has 0 bridgehead atoms. The highest BCUT2D eigenvalue weighted by Gasteiger charge is 2.48. The van der Waals surface area contributed by atoms with Crippen LogP contribution in [-0.2, 0) is 19.1 Å². The maximum absolute atomic E-state index is 12.6. The van der Waals surface area contributed by atoms with Gasteiger partial charge in [0, 0.05) is 36.9 Å². The number of carbonyl (C=O) groups is 1. The summed E-state index contributed by atoms with van der Waals surface area (Å²) in [6, 6.07) is 0. The summed E-state index contributed by atoms with van der Waals surface area (Å²) < 4.78 is 11.9. The number of hydroxylamine groups is 2. The molecule has 1 aliphatic heterocycles. The first-order chi connectivity index (χ1) is 18.4. The third-order valence-electron chi connectivity index (χ3n) is 8.07. The number of esters is 1. The molecule has 5 nitrogen and oxygen atoms in total. The van der Waals surface area contributed by atoms with Gasteiger partial charge < -0.3 is 9.47 Å². The lowest BCUT2D eigenvalue weighted by molar-refractivity contribution is -0.309. The molecule has 1 fully saturated rings. The number of hydrogen-bond donors (Lipinski definition) is 0. The maximum Gasteiger partial charge on any atom is 0.306 e. The van der Waals surface area contributed by atoms with E-state index in [1.165, 1.54) is 83.5 Å². The van der Waals surface area contributed by atoms with Crippen LogP contribution >= 0.6 is 0 Å². The topological polar surface area (TPSA) is 48.0 Å². The molecule has 0 saturated carbocycles. The highest BCUT2D eigenvalue weighted by molar-refractivity contribution is 5.69. The second-order valence-corrected chi connectivity index (χ2v) is 14.0. The van der Waals surface area contributed by atoms with Crippen molar-refractivity contribution in [1.29, 1.82) is 0 Å². The van der Waals surface area contributed by atoms with Crippen LogP contribution in [-0.4, -0.2) is 47.0 Å². The van der Waals surface area contributed by atoms with E-state index in [0.717, 1.165) is 38.7 Å². The molecule has 0 N–H and O–H groups in total. The van der Waals surface area contributed by atoms with Crippen molar-refractivity contribution in [2.45, 2.75) is 200 Å². The number of hydrogen-bond acceptors (Lipinski definition) is 5. The third-order valence-corrected chi connectivity index (χ3v) is 8.07. The lowest BCUT2D eigenvalue weighted by atomic mass is 9.80. The Hall–Kier alpha value is -0.650. The van der Waals surface area contributed by atoms with E-state index < -0.39 is 0 Å². The lowest BCUT2D eigenvalue weighted by Gasteiger charge is -2.53. The first-order valence-corrected chi connectivity index (χ1v) is 16.7. The van der Waals surface area contributed by atoms with E-state index in [1.54, 1.807) is 0 Å². The molecule has 0 unspecified atom stereocenters. The van der Waals surface area contributed by atoms with Gasteiger partial charge in [0.15, 0.2) is 0 Å². The number of ether oxygens (including phenoxy) is 2. The van der Waals surface area contributed by atoms with E-state index in [2.05, 4.69) is 60.5 Å². The molecule has 39 heavy (non-hydrogen) atoms. The molecule has 0 aromatic rings. The summed E-state index contributed by atoms with van der Waals surface area (Å²) in [5.74, 6) is -0.0373. The molecule has 0 spiro atoms. The Morgan fingerprint density at radius 2 is 1.15 bits per heavy atom. The Kier molecular flexibility index (Phi) is 18.2. The highest BCUT2D eigenvalue weighted by atomic mass is 16.7. The summed E-state index contributed by atoms with van der Waals surface area (Å²) in [6.45, 7) is 18.5. The zero-order chi connectivity index (χ0) is 29.2. The first kappa shape index (κ1) is 36.4. The first-order valence-electron chi connectivity index (χ1n) is 16.7. The molecule has 1 rings (SSSR count). The number of piperidine rings is 1. The molecule has 0 atom stereocenters. The van der Waals surface area contributed by atoms with Crippen LogP contribution in [0.3, 0.4) is 0 Å². The van der Waals surface area contributed by atoms with Crippen LogP contribution in [0, 0.1) is 0 Å². The summed E-state index contributed by atoms with van der Waals surface area (Å²) in [5.41, 5.74) is -0.803. The fourth-order valence-corrected chi connectivity index (χ4v) is 6.13. The number of rotatable bonds is 23. The van der Waals surface area contributed by atoms with Crippen molar-refractivity contribution in [3.8, 4) is 0 Å². The van der Waals surface area contributed by atoms with Gasteiger partial charge in [-0.3, -0.25) is 9.63 Å².